The minimum absolute atomic E-state index is 0.825. The molecule has 2 fully saturated rings. The van der Waals surface area contributed by atoms with E-state index in [1.165, 1.54) is 50.6 Å². The number of rotatable bonds is 6. The molecule has 1 saturated carbocycles. The smallest absolute Gasteiger partial charge is 0.118 e. The highest BCUT2D eigenvalue weighted by Gasteiger charge is 2.35. The van der Waals surface area contributed by atoms with Crippen LogP contribution in [0.3, 0.4) is 0 Å². The van der Waals surface area contributed by atoms with Gasteiger partial charge in [-0.1, -0.05) is 19.8 Å². The molecular weight excluding hydrogens is 260 g/mol. The Hall–Kier alpha value is -0.800. The quantitative estimate of drug-likeness (QED) is 0.807. The summed E-state index contributed by atoms with van der Waals surface area (Å²) >= 11 is 0. The fraction of sp³-hybridized carbons (Fsp3) is 0.778. The van der Waals surface area contributed by atoms with Gasteiger partial charge in [-0.2, -0.15) is 0 Å². The summed E-state index contributed by atoms with van der Waals surface area (Å²) in [7, 11) is 0. The number of nitrogens with zero attached hydrogens (tertiary/aromatic N) is 1. The summed E-state index contributed by atoms with van der Waals surface area (Å²) in [6, 6.07) is 3.10. The first-order valence-electron chi connectivity index (χ1n) is 8.81. The fourth-order valence-corrected chi connectivity index (χ4v) is 4.14. The summed E-state index contributed by atoms with van der Waals surface area (Å²) < 4.78 is 6.01. The zero-order valence-electron chi connectivity index (χ0n) is 13.7. The van der Waals surface area contributed by atoms with E-state index < -0.39 is 0 Å². The van der Waals surface area contributed by atoms with Crippen molar-refractivity contribution >= 4 is 0 Å². The first kappa shape index (κ1) is 15.1. The number of hydrogen-bond acceptors (Lipinski definition) is 3. The molecule has 0 radical (unpaired) electrons. The van der Waals surface area contributed by atoms with E-state index in [9.17, 15) is 0 Å². The molecule has 2 unspecified atom stereocenters. The minimum Gasteiger partial charge on any atom is -0.465 e. The van der Waals surface area contributed by atoms with Crippen LogP contribution in [0.4, 0.5) is 0 Å². The van der Waals surface area contributed by atoms with Gasteiger partial charge in [0.2, 0.25) is 0 Å². The van der Waals surface area contributed by atoms with E-state index in [1.807, 2.05) is 0 Å². The molecule has 0 bridgehead atoms. The summed E-state index contributed by atoms with van der Waals surface area (Å²) in [5.41, 5.74) is 1.33. The topological polar surface area (TPSA) is 28.4 Å². The van der Waals surface area contributed by atoms with Crippen molar-refractivity contribution in [2.24, 2.45) is 5.92 Å². The molecule has 0 aromatic carbocycles. The minimum atomic E-state index is 0.825. The molecule has 2 atom stereocenters. The first-order valence-corrected chi connectivity index (χ1v) is 8.81. The van der Waals surface area contributed by atoms with Gasteiger partial charge in [-0.15, -0.1) is 0 Å². The SMILES string of the molecule is CCCNCc1cc(CN2CCC3CCCCC32)oc1C. The van der Waals surface area contributed by atoms with Gasteiger partial charge in [0.05, 0.1) is 6.54 Å². The van der Waals surface area contributed by atoms with Crippen molar-refractivity contribution in [2.75, 3.05) is 13.1 Å². The third-order valence-electron chi connectivity index (χ3n) is 5.30. The average molecular weight is 290 g/mol. The van der Waals surface area contributed by atoms with Crippen LogP contribution >= 0.6 is 0 Å². The van der Waals surface area contributed by atoms with Gasteiger partial charge in [0, 0.05) is 18.2 Å². The molecule has 1 aromatic rings. The van der Waals surface area contributed by atoms with Gasteiger partial charge in [-0.05, 0) is 57.7 Å². The summed E-state index contributed by atoms with van der Waals surface area (Å²) in [5.74, 6) is 3.21. The molecule has 1 aliphatic heterocycles. The van der Waals surface area contributed by atoms with Crippen molar-refractivity contribution in [1.82, 2.24) is 10.2 Å². The maximum Gasteiger partial charge on any atom is 0.118 e. The van der Waals surface area contributed by atoms with Crippen molar-refractivity contribution in [3.8, 4) is 0 Å². The molecule has 21 heavy (non-hydrogen) atoms. The monoisotopic (exact) mass is 290 g/mol. The van der Waals surface area contributed by atoms with Crippen LogP contribution in [0.15, 0.2) is 10.5 Å². The van der Waals surface area contributed by atoms with Crippen LogP contribution in [-0.2, 0) is 13.1 Å². The molecule has 0 spiro atoms. The number of aryl methyl sites for hydroxylation is 1. The summed E-state index contributed by atoms with van der Waals surface area (Å²) in [6.45, 7) is 8.59. The normalized spacial score (nSPS) is 26.2. The lowest BCUT2D eigenvalue weighted by Crippen LogP contribution is -2.34. The molecule has 3 rings (SSSR count). The number of furan rings is 1. The molecule has 1 N–H and O–H groups in total. The second-order valence-corrected chi connectivity index (χ2v) is 6.84. The van der Waals surface area contributed by atoms with E-state index in [4.69, 9.17) is 4.42 Å². The van der Waals surface area contributed by atoms with Gasteiger partial charge >= 0.3 is 0 Å². The van der Waals surface area contributed by atoms with Gasteiger partial charge in [0.1, 0.15) is 11.5 Å². The summed E-state index contributed by atoms with van der Waals surface area (Å²) in [5, 5.41) is 3.47. The lowest BCUT2D eigenvalue weighted by molar-refractivity contribution is 0.165. The van der Waals surface area contributed by atoms with Crippen molar-refractivity contribution in [3.63, 3.8) is 0 Å². The Labute approximate surface area is 129 Å². The molecular formula is C18H30N2O. The second-order valence-electron chi connectivity index (χ2n) is 6.84. The van der Waals surface area contributed by atoms with Crippen molar-refractivity contribution < 1.29 is 4.42 Å². The largest absolute Gasteiger partial charge is 0.465 e. The van der Waals surface area contributed by atoms with Gasteiger partial charge in [0.25, 0.3) is 0 Å². The zero-order valence-corrected chi connectivity index (χ0v) is 13.7. The highest BCUT2D eigenvalue weighted by molar-refractivity contribution is 5.21. The van der Waals surface area contributed by atoms with Crippen LogP contribution in [0.5, 0.6) is 0 Å². The maximum absolute atomic E-state index is 6.01. The lowest BCUT2D eigenvalue weighted by Gasteiger charge is -2.31. The predicted molar refractivity (Wildman–Crippen MR) is 86.2 cm³/mol. The van der Waals surface area contributed by atoms with Crippen LogP contribution in [0, 0.1) is 12.8 Å². The van der Waals surface area contributed by atoms with Crippen LogP contribution < -0.4 is 5.32 Å². The molecule has 2 heterocycles. The maximum atomic E-state index is 6.01. The Morgan fingerprint density at radius 2 is 2.14 bits per heavy atom. The predicted octanol–water partition coefficient (Wildman–Crippen LogP) is 3.85. The third-order valence-corrected chi connectivity index (χ3v) is 5.30. The zero-order chi connectivity index (χ0) is 14.7. The molecule has 3 heteroatoms. The molecule has 118 valence electrons. The van der Waals surface area contributed by atoms with E-state index in [2.05, 4.69) is 30.1 Å². The number of hydrogen-bond donors (Lipinski definition) is 1. The second kappa shape index (κ2) is 6.97. The van der Waals surface area contributed by atoms with E-state index in [-0.39, 0.29) is 0 Å². The Bertz CT molecular complexity index is 454. The first-order chi connectivity index (χ1) is 10.3. The molecule has 1 aromatic heterocycles. The third kappa shape index (κ3) is 3.51. The van der Waals surface area contributed by atoms with Gasteiger partial charge < -0.3 is 9.73 Å². The van der Waals surface area contributed by atoms with Crippen molar-refractivity contribution in [1.29, 1.82) is 0 Å². The number of fused-ring (bicyclic) bond motifs is 1. The van der Waals surface area contributed by atoms with Crippen LogP contribution in [-0.4, -0.2) is 24.0 Å². The summed E-state index contributed by atoms with van der Waals surface area (Å²) in [4.78, 5) is 2.67. The van der Waals surface area contributed by atoms with Crippen LogP contribution in [0.1, 0.15) is 62.5 Å². The molecule has 1 aliphatic carbocycles. The fourth-order valence-electron chi connectivity index (χ4n) is 4.14. The lowest BCUT2D eigenvalue weighted by atomic mass is 9.85. The Morgan fingerprint density at radius 1 is 1.29 bits per heavy atom. The average Bonchev–Trinajstić information content (AvgIpc) is 3.05. The standard InChI is InChI=1S/C18H30N2O/c1-3-9-19-12-16-11-17(21-14(16)2)13-20-10-8-15-6-4-5-7-18(15)20/h11,15,18-19H,3-10,12-13H2,1-2H3. The molecule has 0 amide bonds. The Kier molecular flexibility index (Phi) is 5.02. The van der Waals surface area contributed by atoms with Crippen LogP contribution in [0.25, 0.3) is 0 Å². The van der Waals surface area contributed by atoms with Crippen LogP contribution in [0.2, 0.25) is 0 Å². The van der Waals surface area contributed by atoms with Gasteiger partial charge in [0.15, 0.2) is 0 Å². The Balaban J connectivity index is 1.58. The number of nitrogens with one attached hydrogen (secondary N) is 1. The van der Waals surface area contributed by atoms with Gasteiger partial charge in [-0.25, -0.2) is 0 Å². The van der Waals surface area contributed by atoms with E-state index in [1.54, 1.807) is 0 Å². The van der Waals surface area contributed by atoms with E-state index in [0.717, 1.165) is 43.1 Å². The Morgan fingerprint density at radius 3 is 3.00 bits per heavy atom. The van der Waals surface area contributed by atoms with E-state index in [0.29, 0.717) is 0 Å². The molecule has 2 aliphatic rings. The van der Waals surface area contributed by atoms with E-state index >= 15 is 0 Å². The highest BCUT2D eigenvalue weighted by Crippen LogP contribution is 2.37. The van der Waals surface area contributed by atoms with Crippen molar-refractivity contribution in [3.05, 3.63) is 23.2 Å². The van der Waals surface area contributed by atoms with Crippen molar-refractivity contribution in [2.45, 2.75) is 71.5 Å². The van der Waals surface area contributed by atoms with Gasteiger partial charge in [-0.3, -0.25) is 4.90 Å². The molecule has 3 nitrogen and oxygen atoms in total. The highest BCUT2D eigenvalue weighted by atomic mass is 16.3. The summed E-state index contributed by atoms with van der Waals surface area (Å²) in [6.07, 6.45) is 8.29. The molecule has 1 saturated heterocycles. The number of likely N-dealkylation sites (tertiary alicyclic amines) is 1.